The first-order chi connectivity index (χ1) is 14.2. The van der Waals surface area contributed by atoms with Gasteiger partial charge in [-0.05, 0) is 55.0 Å². The van der Waals surface area contributed by atoms with Crippen molar-refractivity contribution in [3.8, 4) is 17.0 Å². The van der Waals surface area contributed by atoms with Crippen molar-refractivity contribution >= 4 is 22.5 Å². The van der Waals surface area contributed by atoms with Crippen LogP contribution in [-0.2, 0) is 0 Å². The highest BCUT2D eigenvalue weighted by atomic mass is 32.2. The van der Waals surface area contributed by atoms with Gasteiger partial charge in [-0.3, -0.25) is 0 Å². The normalized spacial score (nSPS) is 11.0. The summed E-state index contributed by atoms with van der Waals surface area (Å²) < 4.78 is 31.8. The van der Waals surface area contributed by atoms with Crippen molar-refractivity contribution in [1.82, 2.24) is 10.2 Å². The first-order valence-electron chi connectivity index (χ1n) is 9.23. The number of thioether (sulfide) groups is 1. The molecule has 0 atom stereocenters. The van der Waals surface area contributed by atoms with Crippen molar-refractivity contribution in [1.29, 1.82) is 0 Å². The Labute approximate surface area is 171 Å². The number of halogens is 2. The monoisotopic (exact) mass is 408 g/mol. The number of fused-ring (bicyclic) bond motifs is 1. The van der Waals surface area contributed by atoms with Crippen LogP contribution in [0.4, 0.5) is 8.78 Å². The van der Waals surface area contributed by atoms with E-state index in [1.54, 1.807) is 36.0 Å². The van der Waals surface area contributed by atoms with Gasteiger partial charge in [0.05, 0.1) is 6.61 Å². The highest BCUT2D eigenvalue weighted by Crippen LogP contribution is 2.32. The zero-order chi connectivity index (χ0) is 20.1. The molecule has 0 aliphatic carbocycles. The van der Waals surface area contributed by atoms with Crippen molar-refractivity contribution in [3.63, 3.8) is 0 Å². The number of rotatable bonds is 7. The summed E-state index contributed by atoms with van der Waals surface area (Å²) in [5, 5.41) is 11.7. The number of benzene rings is 3. The van der Waals surface area contributed by atoms with Gasteiger partial charge < -0.3 is 4.74 Å². The van der Waals surface area contributed by atoms with Crippen LogP contribution in [0.1, 0.15) is 6.42 Å². The molecule has 0 amide bonds. The lowest BCUT2D eigenvalue weighted by Gasteiger charge is -2.09. The molecule has 6 heteroatoms. The van der Waals surface area contributed by atoms with Crippen molar-refractivity contribution < 1.29 is 13.5 Å². The molecular formula is C23H18F2N2OS. The maximum absolute atomic E-state index is 13.2. The summed E-state index contributed by atoms with van der Waals surface area (Å²) in [5.41, 5.74) is 1.57. The SMILES string of the molecule is Fc1ccc(OCCCSc2nnc(-c3ccc(F)cc3)c3ccccc23)cc1. The first-order valence-corrected chi connectivity index (χ1v) is 10.2. The molecule has 4 rings (SSSR count). The summed E-state index contributed by atoms with van der Waals surface area (Å²) in [6.45, 7) is 0.539. The minimum atomic E-state index is -0.277. The van der Waals surface area contributed by atoms with Crippen molar-refractivity contribution in [3.05, 3.63) is 84.4 Å². The van der Waals surface area contributed by atoms with Crippen LogP contribution < -0.4 is 4.74 Å². The molecule has 0 N–H and O–H groups in total. The van der Waals surface area contributed by atoms with Gasteiger partial charge in [-0.2, -0.15) is 0 Å². The molecule has 0 radical (unpaired) electrons. The molecule has 0 saturated heterocycles. The molecule has 0 aliphatic rings. The highest BCUT2D eigenvalue weighted by Gasteiger charge is 2.11. The molecule has 0 saturated carbocycles. The third kappa shape index (κ3) is 4.71. The maximum Gasteiger partial charge on any atom is 0.127 e. The molecular weight excluding hydrogens is 390 g/mol. The number of aromatic nitrogens is 2. The lowest BCUT2D eigenvalue weighted by Crippen LogP contribution is -1.99. The van der Waals surface area contributed by atoms with E-state index in [0.717, 1.165) is 39.2 Å². The second-order valence-corrected chi connectivity index (χ2v) is 7.49. The first kappa shape index (κ1) is 19.3. The maximum atomic E-state index is 13.2. The average molecular weight is 408 g/mol. The van der Waals surface area contributed by atoms with Gasteiger partial charge in [0.25, 0.3) is 0 Å². The fourth-order valence-electron chi connectivity index (χ4n) is 2.96. The molecule has 3 nitrogen and oxygen atoms in total. The Morgan fingerprint density at radius 2 is 1.41 bits per heavy atom. The molecule has 0 unspecified atom stereocenters. The summed E-state index contributed by atoms with van der Waals surface area (Å²) in [7, 11) is 0. The largest absolute Gasteiger partial charge is 0.494 e. The van der Waals surface area contributed by atoms with E-state index in [-0.39, 0.29) is 11.6 Å². The van der Waals surface area contributed by atoms with Crippen LogP contribution in [0.3, 0.4) is 0 Å². The molecule has 0 fully saturated rings. The van der Waals surface area contributed by atoms with Crippen LogP contribution in [0.5, 0.6) is 5.75 Å². The van der Waals surface area contributed by atoms with Gasteiger partial charge in [0, 0.05) is 22.1 Å². The number of hydrogen-bond donors (Lipinski definition) is 0. The minimum absolute atomic E-state index is 0.276. The predicted molar refractivity (Wildman–Crippen MR) is 112 cm³/mol. The van der Waals surface area contributed by atoms with Gasteiger partial charge in [0.1, 0.15) is 28.1 Å². The van der Waals surface area contributed by atoms with E-state index < -0.39 is 0 Å². The summed E-state index contributed by atoms with van der Waals surface area (Å²) in [4.78, 5) is 0. The zero-order valence-corrected chi connectivity index (χ0v) is 16.3. The lowest BCUT2D eigenvalue weighted by molar-refractivity contribution is 0.318. The summed E-state index contributed by atoms with van der Waals surface area (Å²) in [6, 6.07) is 20.2. The van der Waals surface area contributed by atoms with Crippen LogP contribution in [0, 0.1) is 11.6 Å². The van der Waals surface area contributed by atoms with Gasteiger partial charge in [-0.15, -0.1) is 22.0 Å². The van der Waals surface area contributed by atoms with Gasteiger partial charge in [-0.25, -0.2) is 8.78 Å². The Bertz CT molecular complexity index is 1100. The van der Waals surface area contributed by atoms with E-state index in [4.69, 9.17) is 4.74 Å². The van der Waals surface area contributed by atoms with E-state index in [0.29, 0.717) is 12.4 Å². The van der Waals surface area contributed by atoms with Crippen molar-refractivity contribution in [2.75, 3.05) is 12.4 Å². The highest BCUT2D eigenvalue weighted by molar-refractivity contribution is 7.99. The Kier molecular flexibility index (Phi) is 6.00. The van der Waals surface area contributed by atoms with Crippen LogP contribution in [0.25, 0.3) is 22.0 Å². The average Bonchev–Trinajstić information content (AvgIpc) is 2.75. The quantitative estimate of drug-likeness (QED) is 0.272. The fourth-order valence-corrected chi connectivity index (χ4v) is 3.84. The smallest absolute Gasteiger partial charge is 0.127 e. The van der Waals surface area contributed by atoms with Gasteiger partial charge in [0.15, 0.2) is 0 Å². The Hall–Kier alpha value is -2.99. The third-order valence-electron chi connectivity index (χ3n) is 4.38. The molecule has 146 valence electrons. The zero-order valence-electron chi connectivity index (χ0n) is 15.5. The van der Waals surface area contributed by atoms with E-state index in [2.05, 4.69) is 10.2 Å². The number of nitrogens with zero attached hydrogens (tertiary/aromatic N) is 2. The standard InChI is InChI=1S/C23H18F2N2OS/c24-17-8-6-16(7-9-17)22-20-4-1-2-5-21(20)23(27-26-22)29-15-3-14-28-19-12-10-18(25)11-13-19/h1-2,4-13H,3,14-15H2. The van der Waals surface area contributed by atoms with Crippen LogP contribution >= 0.6 is 11.8 Å². The van der Waals surface area contributed by atoms with Crippen molar-refractivity contribution in [2.24, 2.45) is 0 Å². The molecule has 4 aromatic rings. The Morgan fingerprint density at radius 3 is 2.14 bits per heavy atom. The van der Waals surface area contributed by atoms with E-state index in [1.165, 1.54) is 24.3 Å². The molecule has 1 heterocycles. The second-order valence-electron chi connectivity index (χ2n) is 6.41. The van der Waals surface area contributed by atoms with E-state index in [9.17, 15) is 8.78 Å². The lowest BCUT2D eigenvalue weighted by atomic mass is 10.1. The predicted octanol–water partition coefficient (Wildman–Crippen LogP) is 6.14. The summed E-state index contributed by atoms with van der Waals surface area (Å²) >= 11 is 1.62. The molecule has 29 heavy (non-hydrogen) atoms. The van der Waals surface area contributed by atoms with Gasteiger partial charge in [0.2, 0.25) is 0 Å². The molecule has 0 spiro atoms. The fraction of sp³-hybridized carbons (Fsp3) is 0.130. The third-order valence-corrected chi connectivity index (χ3v) is 5.45. The second kappa shape index (κ2) is 9.01. The van der Waals surface area contributed by atoms with Crippen LogP contribution in [-0.4, -0.2) is 22.6 Å². The molecule has 0 aliphatic heterocycles. The van der Waals surface area contributed by atoms with Crippen molar-refractivity contribution in [2.45, 2.75) is 11.4 Å². The van der Waals surface area contributed by atoms with Gasteiger partial charge >= 0.3 is 0 Å². The van der Waals surface area contributed by atoms with Crippen LogP contribution in [0.15, 0.2) is 77.8 Å². The minimum Gasteiger partial charge on any atom is -0.494 e. The Morgan fingerprint density at radius 1 is 0.759 bits per heavy atom. The number of hydrogen-bond acceptors (Lipinski definition) is 4. The summed E-state index contributed by atoms with van der Waals surface area (Å²) in [6.07, 6.45) is 0.817. The number of ether oxygens (including phenoxy) is 1. The van der Waals surface area contributed by atoms with E-state index >= 15 is 0 Å². The molecule has 1 aromatic heterocycles. The molecule has 3 aromatic carbocycles. The van der Waals surface area contributed by atoms with Gasteiger partial charge in [-0.1, -0.05) is 24.3 Å². The topological polar surface area (TPSA) is 35.0 Å². The van der Waals surface area contributed by atoms with Crippen LogP contribution in [0.2, 0.25) is 0 Å². The van der Waals surface area contributed by atoms with E-state index in [1.807, 2.05) is 24.3 Å². The summed E-state index contributed by atoms with van der Waals surface area (Å²) in [5.74, 6) is 0.921. The molecule has 0 bridgehead atoms. The Balaban J connectivity index is 1.43.